The molecule has 0 atom stereocenters. The Bertz CT molecular complexity index is 465. The van der Waals surface area contributed by atoms with Crippen molar-refractivity contribution in [3.8, 4) is 0 Å². The van der Waals surface area contributed by atoms with Crippen molar-refractivity contribution in [2.75, 3.05) is 6.54 Å². The van der Waals surface area contributed by atoms with Gasteiger partial charge in [0.15, 0.2) is 0 Å². The number of halogens is 3. The van der Waals surface area contributed by atoms with Gasteiger partial charge in [-0.25, -0.2) is 0 Å². The molecular formula is C14H18F3N3. The number of nitrogens with zero attached hydrogens (tertiary/aromatic N) is 3. The summed E-state index contributed by atoms with van der Waals surface area (Å²) in [5.74, 6) is 0.0812. The van der Waals surface area contributed by atoms with Crippen LogP contribution in [-0.2, 0) is 0 Å². The Kier molecular flexibility index (Phi) is 4.76. The van der Waals surface area contributed by atoms with Crippen LogP contribution in [0.3, 0.4) is 0 Å². The average Bonchev–Trinajstić information content (AvgIpc) is 2.45. The van der Waals surface area contributed by atoms with Crippen molar-refractivity contribution in [2.24, 2.45) is 11.0 Å². The molecule has 0 spiro atoms. The Labute approximate surface area is 116 Å². The molecule has 0 amide bonds. The SMILES string of the molecule is [N-]=[N+]=NCC1=CC(C(F)(F)F)=C(C2CCCCC2)CC1. The van der Waals surface area contributed by atoms with Gasteiger partial charge in [0.1, 0.15) is 0 Å². The minimum Gasteiger partial charge on any atom is -0.166 e. The molecule has 2 rings (SSSR count). The van der Waals surface area contributed by atoms with Crippen LogP contribution in [0.5, 0.6) is 0 Å². The maximum Gasteiger partial charge on any atom is 0.416 e. The van der Waals surface area contributed by atoms with E-state index in [9.17, 15) is 13.2 Å². The zero-order valence-corrected chi connectivity index (χ0v) is 11.3. The van der Waals surface area contributed by atoms with Gasteiger partial charge in [-0.3, -0.25) is 0 Å². The predicted molar refractivity (Wildman–Crippen MR) is 71.0 cm³/mol. The van der Waals surface area contributed by atoms with Gasteiger partial charge in [-0.15, -0.1) is 0 Å². The van der Waals surface area contributed by atoms with E-state index in [1.165, 1.54) is 6.08 Å². The molecule has 110 valence electrons. The van der Waals surface area contributed by atoms with E-state index in [0.717, 1.165) is 32.1 Å². The fourth-order valence-electron chi connectivity index (χ4n) is 3.19. The van der Waals surface area contributed by atoms with Crippen LogP contribution in [0, 0.1) is 5.92 Å². The zero-order valence-electron chi connectivity index (χ0n) is 11.3. The van der Waals surface area contributed by atoms with Crippen molar-refractivity contribution in [1.82, 2.24) is 0 Å². The van der Waals surface area contributed by atoms with Gasteiger partial charge in [-0.1, -0.05) is 41.6 Å². The van der Waals surface area contributed by atoms with E-state index in [2.05, 4.69) is 10.0 Å². The number of rotatable bonds is 3. The monoisotopic (exact) mass is 285 g/mol. The third kappa shape index (κ3) is 3.57. The lowest BCUT2D eigenvalue weighted by Gasteiger charge is -2.30. The fraction of sp³-hybridized carbons (Fsp3) is 0.714. The van der Waals surface area contributed by atoms with Crippen LogP contribution in [-0.4, -0.2) is 12.7 Å². The number of allylic oxidation sites excluding steroid dienone is 3. The molecule has 0 heterocycles. The first-order chi connectivity index (χ1) is 9.52. The van der Waals surface area contributed by atoms with Crippen molar-refractivity contribution < 1.29 is 13.2 Å². The van der Waals surface area contributed by atoms with Crippen LogP contribution in [0.4, 0.5) is 13.2 Å². The highest BCUT2D eigenvalue weighted by Gasteiger charge is 2.38. The van der Waals surface area contributed by atoms with Crippen LogP contribution in [0.15, 0.2) is 27.9 Å². The minimum absolute atomic E-state index is 0.0357. The summed E-state index contributed by atoms with van der Waals surface area (Å²) in [5, 5.41) is 3.37. The summed E-state index contributed by atoms with van der Waals surface area (Å²) in [6.45, 7) is 0.0357. The molecule has 1 saturated carbocycles. The first-order valence-corrected chi connectivity index (χ1v) is 7.03. The first-order valence-electron chi connectivity index (χ1n) is 7.03. The molecule has 0 aromatic carbocycles. The molecule has 20 heavy (non-hydrogen) atoms. The van der Waals surface area contributed by atoms with E-state index in [4.69, 9.17) is 5.53 Å². The highest BCUT2D eigenvalue weighted by atomic mass is 19.4. The molecule has 2 aliphatic rings. The molecule has 1 fully saturated rings. The summed E-state index contributed by atoms with van der Waals surface area (Å²) in [4.78, 5) is 2.61. The van der Waals surface area contributed by atoms with Gasteiger partial charge in [0, 0.05) is 11.5 Å². The minimum atomic E-state index is -4.31. The summed E-state index contributed by atoms with van der Waals surface area (Å²) in [5.41, 5.74) is 8.94. The van der Waals surface area contributed by atoms with Crippen molar-refractivity contribution >= 4 is 0 Å². The van der Waals surface area contributed by atoms with E-state index < -0.39 is 11.7 Å². The summed E-state index contributed by atoms with van der Waals surface area (Å²) in [6.07, 6.45) is 2.84. The standard InChI is InChI=1S/C14H18F3N3/c15-14(16,17)13-8-10(9-19-20-18)6-7-12(13)11-4-2-1-3-5-11/h8,11H,1-7,9H2. The second-order valence-corrected chi connectivity index (χ2v) is 5.46. The van der Waals surface area contributed by atoms with E-state index in [-0.39, 0.29) is 12.5 Å². The molecule has 0 aliphatic heterocycles. The second kappa shape index (κ2) is 6.35. The second-order valence-electron chi connectivity index (χ2n) is 5.46. The highest BCUT2D eigenvalue weighted by Crippen LogP contribution is 2.42. The van der Waals surface area contributed by atoms with Gasteiger partial charge >= 0.3 is 6.18 Å². The Hall–Kier alpha value is -1.42. The van der Waals surface area contributed by atoms with E-state index in [1.54, 1.807) is 0 Å². The number of alkyl halides is 3. The third-order valence-electron chi connectivity index (χ3n) is 4.15. The van der Waals surface area contributed by atoms with Crippen molar-refractivity contribution in [1.29, 1.82) is 0 Å². The van der Waals surface area contributed by atoms with Gasteiger partial charge in [-0.05, 0) is 37.1 Å². The topological polar surface area (TPSA) is 48.8 Å². The molecule has 0 radical (unpaired) electrons. The molecule has 0 aromatic rings. The molecule has 0 saturated heterocycles. The van der Waals surface area contributed by atoms with Crippen molar-refractivity contribution in [2.45, 2.75) is 51.1 Å². The van der Waals surface area contributed by atoms with E-state index in [0.29, 0.717) is 24.0 Å². The number of hydrogen-bond donors (Lipinski definition) is 0. The number of hydrogen-bond acceptors (Lipinski definition) is 1. The molecule has 0 bridgehead atoms. The Balaban J connectivity index is 2.30. The molecule has 2 aliphatic carbocycles. The van der Waals surface area contributed by atoms with Gasteiger partial charge in [-0.2, -0.15) is 13.2 Å². The van der Waals surface area contributed by atoms with Crippen LogP contribution < -0.4 is 0 Å². The Morgan fingerprint density at radius 3 is 2.50 bits per heavy atom. The fourth-order valence-corrected chi connectivity index (χ4v) is 3.19. The van der Waals surface area contributed by atoms with E-state index in [1.807, 2.05) is 0 Å². The molecule has 6 heteroatoms. The van der Waals surface area contributed by atoms with Gasteiger partial charge in [0.2, 0.25) is 0 Å². The van der Waals surface area contributed by atoms with Crippen LogP contribution in [0.2, 0.25) is 0 Å². The van der Waals surface area contributed by atoms with Gasteiger partial charge in [0.05, 0.1) is 5.57 Å². The Morgan fingerprint density at radius 1 is 1.20 bits per heavy atom. The van der Waals surface area contributed by atoms with Gasteiger partial charge in [0.25, 0.3) is 0 Å². The van der Waals surface area contributed by atoms with Crippen LogP contribution >= 0.6 is 0 Å². The molecular weight excluding hydrogens is 267 g/mol. The highest BCUT2D eigenvalue weighted by molar-refractivity contribution is 5.38. The third-order valence-corrected chi connectivity index (χ3v) is 4.15. The average molecular weight is 285 g/mol. The first kappa shape index (κ1) is 15.0. The molecule has 0 N–H and O–H groups in total. The van der Waals surface area contributed by atoms with Gasteiger partial charge < -0.3 is 0 Å². The van der Waals surface area contributed by atoms with Crippen LogP contribution in [0.25, 0.3) is 10.4 Å². The Morgan fingerprint density at radius 2 is 1.90 bits per heavy atom. The lowest BCUT2D eigenvalue weighted by molar-refractivity contribution is -0.0900. The summed E-state index contributed by atoms with van der Waals surface area (Å²) in [6, 6.07) is 0. The maximum absolute atomic E-state index is 13.2. The lowest BCUT2D eigenvalue weighted by Crippen LogP contribution is -2.21. The molecule has 0 unspecified atom stereocenters. The maximum atomic E-state index is 13.2. The summed E-state index contributed by atoms with van der Waals surface area (Å²) >= 11 is 0. The zero-order chi connectivity index (χ0) is 14.6. The smallest absolute Gasteiger partial charge is 0.166 e. The lowest BCUT2D eigenvalue weighted by atomic mass is 9.77. The summed E-state index contributed by atoms with van der Waals surface area (Å²) in [7, 11) is 0. The predicted octanol–water partition coefficient (Wildman–Crippen LogP) is 5.46. The normalized spacial score (nSPS) is 21.4. The molecule has 3 nitrogen and oxygen atoms in total. The van der Waals surface area contributed by atoms with Crippen LogP contribution in [0.1, 0.15) is 44.9 Å². The molecule has 0 aromatic heterocycles. The quantitative estimate of drug-likeness (QED) is 0.376. The largest absolute Gasteiger partial charge is 0.416 e. The summed E-state index contributed by atoms with van der Waals surface area (Å²) < 4.78 is 39.7. The van der Waals surface area contributed by atoms with Crippen molar-refractivity contribution in [3.63, 3.8) is 0 Å². The number of azide groups is 1. The van der Waals surface area contributed by atoms with E-state index >= 15 is 0 Å². The van der Waals surface area contributed by atoms with Crippen molar-refractivity contribution in [3.05, 3.63) is 33.2 Å².